The lowest BCUT2D eigenvalue weighted by atomic mass is 9.95. The van der Waals surface area contributed by atoms with Gasteiger partial charge in [-0.3, -0.25) is 4.79 Å². The quantitative estimate of drug-likeness (QED) is 0.876. The van der Waals surface area contributed by atoms with Crippen LogP contribution in [0.3, 0.4) is 0 Å². The fourth-order valence-electron chi connectivity index (χ4n) is 4.73. The summed E-state index contributed by atoms with van der Waals surface area (Å²) in [6.07, 6.45) is 8.44. The molecule has 2 aromatic rings. The van der Waals surface area contributed by atoms with Gasteiger partial charge >= 0.3 is 0 Å². The normalized spacial score (nSPS) is 21.7. The Morgan fingerprint density at radius 2 is 1.89 bits per heavy atom. The first-order valence-electron chi connectivity index (χ1n) is 10.7. The molecule has 0 spiro atoms. The number of rotatable bonds is 4. The first kappa shape index (κ1) is 18.3. The van der Waals surface area contributed by atoms with Crippen molar-refractivity contribution in [1.82, 2.24) is 14.9 Å². The van der Waals surface area contributed by atoms with E-state index in [1.807, 2.05) is 13.8 Å². The third-order valence-electron chi connectivity index (χ3n) is 6.02. The van der Waals surface area contributed by atoms with Crippen LogP contribution in [0.25, 0.3) is 11.0 Å². The number of hydrogen-bond acceptors (Lipinski definition) is 3. The molecule has 0 radical (unpaired) electrons. The van der Waals surface area contributed by atoms with Gasteiger partial charge in [-0.15, -0.1) is 0 Å². The summed E-state index contributed by atoms with van der Waals surface area (Å²) in [4.78, 5) is 20.0. The van der Waals surface area contributed by atoms with Gasteiger partial charge < -0.3 is 14.8 Å². The van der Waals surface area contributed by atoms with Crippen molar-refractivity contribution in [2.45, 2.75) is 70.9 Å². The van der Waals surface area contributed by atoms with Gasteiger partial charge in [-0.2, -0.15) is 0 Å². The molecule has 2 aliphatic rings. The van der Waals surface area contributed by atoms with Gasteiger partial charge in [0.2, 0.25) is 11.9 Å². The van der Waals surface area contributed by atoms with Crippen LogP contribution in [0.5, 0.6) is 0 Å². The van der Waals surface area contributed by atoms with Crippen LogP contribution in [0.15, 0.2) is 24.3 Å². The molecule has 2 fully saturated rings. The number of carbonyl (C=O) groups is 1. The maximum Gasteiger partial charge on any atom is 0.225 e. The molecule has 1 N–H and O–H groups in total. The highest BCUT2D eigenvalue weighted by Crippen LogP contribution is 2.36. The van der Waals surface area contributed by atoms with E-state index in [1.54, 1.807) is 0 Å². The van der Waals surface area contributed by atoms with Crippen LogP contribution >= 0.6 is 0 Å². The summed E-state index contributed by atoms with van der Waals surface area (Å²) >= 11 is 0. The Morgan fingerprint density at radius 3 is 2.67 bits per heavy atom. The summed E-state index contributed by atoms with van der Waals surface area (Å²) in [5, 5.41) is 3.10. The predicted octanol–water partition coefficient (Wildman–Crippen LogP) is 4.28. The fourth-order valence-corrected chi connectivity index (χ4v) is 4.73. The second-order valence-electron chi connectivity index (χ2n) is 8.51. The molecule has 5 heteroatoms. The summed E-state index contributed by atoms with van der Waals surface area (Å²) < 4.78 is 2.48. The van der Waals surface area contributed by atoms with E-state index < -0.39 is 0 Å². The van der Waals surface area contributed by atoms with Crippen molar-refractivity contribution in [3.8, 4) is 0 Å². The van der Waals surface area contributed by atoms with E-state index in [0.29, 0.717) is 6.04 Å². The van der Waals surface area contributed by atoms with Crippen molar-refractivity contribution < 1.29 is 4.79 Å². The standard InChI is InChI=1S/C22H32N4O/c1-16(2)23-21(27)17-9-8-14-25(15-17)22-24-19-12-6-7-13-20(19)26(22)18-10-4-3-5-11-18/h6-7,12-13,16-18H,3-5,8-11,14-15H2,1-2H3,(H,23,27)/t17-/m1/s1. The Labute approximate surface area is 162 Å². The van der Waals surface area contributed by atoms with E-state index in [9.17, 15) is 4.79 Å². The third kappa shape index (κ3) is 3.83. The van der Waals surface area contributed by atoms with Gasteiger partial charge in [-0.25, -0.2) is 4.98 Å². The highest BCUT2D eigenvalue weighted by molar-refractivity contribution is 5.81. The van der Waals surface area contributed by atoms with Gasteiger partial charge in [-0.1, -0.05) is 31.4 Å². The van der Waals surface area contributed by atoms with E-state index in [-0.39, 0.29) is 17.9 Å². The van der Waals surface area contributed by atoms with Gasteiger partial charge in [-0.05, 0) is 51.7 Å². The Hall–Kier alpha value is -2.04. The lowest BCUT2D eigenvalue weighted by molar-refractivity contribution is -0.125. The highest BCUT2D eigenvalue weighted by atomic mass is 16.2. The molecule has 1 saturated heterocycles. The fraction of sp³-hybridized carbons (Fsp3) is 0.636. The molecule has 27 heavy (non-hydrogen) atoms. The van der Waals surface area contributed by atoms with E-state index in [2.05, 4.69) is 39.0 Å². The second kappa shape index (κ2) is 7.91. The topological polar surface area (TPSA) is 50.2 Å². The number of amides is 1. The maximum absolute atomic E-state index is 12.6. The summed E-state index contributed by atoms with van der Waals surface area (Å²) in [6.45, 7) is 5.82. The molecule has 0 bridgehead atoms. The molecular weight excluding hydrogens is 336 g/mol. The summed E-state index contributed by atoms with van der Waals surface area (Å²) in [5.41, 5.74) is 2.32. The number of aromatic nitrogens is 2. The number of nitrogens with one attached hydrogen (secondary N) is 1. The van der Waals surface area contributed by atoms with Crippen LogP contribution in [0.1, 0.15) is 64.8 Å². The average molecular weight is 369 g/mol. The largest absolute Gasteiger partial charge is 0.354 e. The first-order chi connectivity index (χ1) is 13.1. The molecule has 1 amide bonds. The van der Waals surface area contributed by atoms with Gasteiger partial charge in [0.25, 0.3) is 0 Å². The molecule has 5 nitrogen and oxygen atoms in total. The average Bonchev–Trinajstić information content (AvgIpc) is 3.08. The van der Waals surface area contributed by atoms with Crippen molar-refractivity contribution in [2.75, 3.05) is 18.0 Å². The molecule has 1 saturated carbocycles. The van der Waals surface area contributed by atoms with Crippen molar-refractivity contribution in [3.05, 3.63) is 24.3 Å². The van der Waals surface area contributed by atoms with Crippen LogP contribution in [0, 0.1) is 5.92 Å². The van der Waals surface area contributed by atoms with Crippen molar-refractivity contribution in [3.63, 3.8) is 0 Å². The molecule has 0 unspecified atom stereocenters. The van der Waals surface area contributed by atoms with Crippen molar-refractivity contribution in [2.24, 2.45) is 5.92 Å². The number of piperidine rings is 1. The number of para-hydroxylation sites is 2. The third-order valence-corrected chi connectivity index (χ3v) is 6.02. The lowest BCUT2D eigenvalue weighted by Gasteiger charge is -2.35. The van der Waals surface area contributed by atoms with E-state index in [1.165, 1.54) is 37.6 Å². The molecule has 1 atom stereocenters. The number of fused-ring (bicyclic) bond motifs is 1. The number of imidazole rings is 1. The molecule has 1 aromatic carbocycles. The zero-order valence-corrected chi connectivity index (χ0v) is 16.7. The summed E-state index contributed by atoms with van der Waals surface area (Å²) in [5.74, 6) is 1.32. The van der Waals surface area contributed by atoms with Crippen LogP contribution in [-0.2, 0) is 4.79 Å². The zero-order chi connectivity index (χ0) is 18.8. The number of hydrogen-bond donors (Lipinski definition) is 1. The number of nitrogens with zero attached hydrogens (tertiary/aromatic N) is 3. The van der Waals surface area contributed by atoms with E-state index >= 15 is 0 Å². The minimum absolute atomic E-state index is 0.0563. The number of carbonyl (C=O) groups excluding carboxylic acids is 1. The van der Waals surface area contributed by atoms with Gasteiger partial charge in [0.15, 0.2) is 0 Å². The van der Waals surface area contributed by atoms with Crippen molar-refractivity contribution >= 4 is 22.9 Å². The molecule has 1 aromatic heterocycles. The van der Waals surface area contributed by atoms with E-state index in [4.69, 9.17) is 4.98 Å². The highest BCUT2D eigenvalue weighted by Gasteiger charge is 2.30. The maximum atomic E-state index is 12.6. The summed E-state index contributed by atoms with van der Waals surface area (Å²) in [7, 11) is 0. The van der Waals surface area contributed by atoms with Gasteiger partial charge in [0.05, 0.1) is 17.0 Å². The Morgan fingerprint density at radius 1 is 1.11 bits per heavy atom. The molecule has 146 valence electrons. The Kier molecular flexibility index (Phi) is 5.37. The van der Waals surface area contributed by atoms with E-state index in [0.717, 1.165) is 37.4 Å². The zero-order valence-electron chi connectivity index (χ0n) is 16.7. The first-order valence-corrected chi connectivity index (χ1v) is 10.7. The predicted molar refractivity (Wildman–Crippen MR) is 110 cm³/mol. The second-order valence-corrected chi connectivity index (χ2v) is 8.51. The van der Waals surface area contributed by atoms with Crippen LogP contribution in [0.2, 0.25) is 0 Å². The smallest absolute Gasteiger partial charge is 0.225 e. The Balaban J connectivity index is 1.65. The van der Waals surface area contributed by atoms with Crippen LogP contribution in [-0.4, -0.2) is 34.6 Å². The molecule has 2 heterocycles. The minimum Gasteiger partial charge on any atom is -0.354 e. The monoisotopic (exact) mass is 368 g/mol. The molecular formula is C22H32N4O. The minimum atomic E-state index is 0.0563. The van der Waals surface area contributed by atoms with Crippen LogP contribution < -0.4 is 10.2 Å². The van der Waals surface area contributed by atoms with Crippen LogP contribution in [0.4, 0.5) is 5.95 Å². The lowest BCUT2D eigenvalue weighted by Crippen LogP contribution is -2.45. The Bertz CT molecular complexity index is 791. The number of benzene rings is 1. The molecule has 1 aliphatic carbocycles. The molecule has 1 aliphatic heterocycles. The van der Waals surface area contributed by atoms with Gasteiger partial charge in [0.1, 0.15) is 0 Å². The summed E-state index contributed by atoms with van der Waals surface area (Å²) in [6, 6.07) is 9.23. The number of anilines is 1. The molecule has 4 rings (SSSR count). The van der Waals surface area contributed by atoms with Crippen molar-refractivity contribution in [1.29, 1.82) is 0 Å². The van der Waals surface area contributed by atoms with Gasteiger partial charge in [0, 0.05) is 25.2 Å². The SMILES string of the molecule is CC(C)NC(=O)[C@@H]1CCCN(c2nc3ccccc3n2C2CCCCC2)C1.